The first-order chi connectivity index (χ1) is 8.10. The Balaban J connectivity index is 3.01. The Morgan fingerprint density at radius 3 is 2.94 bits per heavy atom. The van der Waals surface area contributed by atoms with Gasteiger partial charge in [-0.1, -0.05) is 0 Å². The highest BCUT2D eigenvalue weighted by Gasteiger charge is 2.16. The number of likely N-dealkylation sites (N-methyl/N-ethyl adjacent to an activating group) is 1. The van der Waals surface area contributed by atoms with Crippen molar-refractivity contribution in [3.8, 4) is 0 Å². The van der Waals surface area contributed by atoms with Crippen molar-refractivity contribution in [1.29, 1.82) is 0 Å². The van der Waals surface area contributed by atoms with Crippen LogP contribution in [-0.4, -0.2) is 47.6 Å². The van der Waals surface area contributed by atoms with Crippen LogP contribution in [0.1, 0.15) is 17.3 Å². The van der Waals surface area contributed by atoms with Gasteiger partial charge >= 0.3 is 0 Å². The van der Waals surface area contributed by atoms with Crippen LogP contribution < -0.4 is 5.32 Å². The molecule has 1 aromatic heterocycles. The molecular formula is C11H16BrN3O2. The minimum Gasteiger partial charge on any atom is -0.395 e. The second kappa shape index (κ2) is 6.56. The molecule has 0 radical (unpaired) electrons. The predicted molar refractivity (Wildman–Crippen MR) is 70.1 cm³/mol. The van der Waals surface area contributed by atoms with Crippen LogP contribution in [0.2, 0.25) is 0 Å². The molecule has 1 aromatic rings. The Kier molecular flexibility index (Phi) is 5.37. The number of hydrogen-bond acceptors (Lipinski definition) is 4. The van der Waals surface area contributed by atoms with E-state index in [1.54, 1.807) is 19.3 Å². The molecule has 6 heteroatoms. The number of amides is 1. The first-order valence-corrected chi connectivity index (χ1v) is 6.15. The van der Waals surface area contributed by atoms with Gasteiger partial charge in [0.2, 0.25) is 0 Å². The molecule has 5 nitrogen and oxygen atoms in total. The smallest absolute Gasteiger partial charge is 0.257 e. The maximum Gasteiger partial charge on any atom is 0.257 e. The molecule has 94 valence electrons. The van der Waals surface area contributed by atoms with Gasteiger partial charge in [-0.2, -0.15) is 0 Å². The topological polar surface area (TPSA) is 65.5 Å². The number of rotatable bonds is 5. The van der Waals surface area contributed by atoms with Crippen molar-refractivity contribution in [1.82, 2.24) is 9.88 Å². The Morgan fingerprint density at radius 2 is 2.35 bits per heavy atom. The minimum atomic E-state index is -0.163. The van der Waals surface area contributed by atoms with Gasteiger partial charge in [0.15, 0.2) is 0 Å². The lowest BCUT2D eigenvalue weighted by atomic mass is 10.2. The number of hydrogen-bond donors (Lipinski definition) is 2. The van der Waals surface area contributed by atoms with Gasteiger partial charge in [0, 0.05) is 30.8 Å². The van der Waals surface area contributed by atoms with Crippen LogP contribution in [0, 0.1) is 0 Å². The largest absolute Gasteiger partial charge is 0.395 e. The molecule has 1 rings (SSSR count). The molecule has 0 unspecified atom stereocenters. The maximum atomic E-state index is 12.1. The number of halogens is 1. The number of carbonyl (C=O) groups is 1. The molecule has 0 aromatic carbocycles. The molecule has 0 aliphatic carbocycles. The van der Waals surface area contributed by atoms with Gasteiger partial charge < -0.3 is 15.3 Å². The highest BCUT2D eigenvalue weighted by molar-refractivity contribution is 9.10. The predicted octanol–water partition coefficient (Wildman–Crippen LogP) is 1.34. The van der Waals surface area contributed by atoms with Gasteiger partial charge in [0.05, 0.1) is 12.2 Å². The SMILES string of the molecule is CCNc1ncc(Br)cc1C(=O)N(C)CCO. The van der Waals surface area contributed by atoms with E-state index < -0.39 is 0 Å². The average Bonchev–Trinajstić information content (AvgIpc) is 2.31. The van der Waals surface area contributed by atoms with Gasteiger partial charge in [-0.05, 0) is 28.9 Å². The Hall–Kier alpha value is -1.14. The number of aromatic nitrogens is 1. The van der Waals surface area contributed by atoms with Crippen LogP contribution in [0.3, 0.4) is 0 Å². The summed E-state index contributed by atoms with van der Waals surface area (Å²) in [6.45, 7) is 2.88. The molecular weight excluding hydrogens is 286 g/mol. The summed E-state index contributed by atoms with van der Waals surface area (Å²) in [4.78, 5) is 17.7. The molecule has 17 heavy (non-hydrogen) atoms. The second-order valence-corrected chi connectivity index (χ2v) is 4.45. The number of nitrogens with one attached hydrogen (secondary N) is 1. The number of carbonyl (C=O) groups excluding carboxylic acids is 1. The molecule has 0 atom stereocenters. The molecule has 0 saturated heterocycles. The van der Waals surface area contributed by atoms with Crippen LogP contribution in [-0.2, 0) is 0 Å². The van der Waals surface area contributed by atoms with Gasteiger partial charge in [0.1, 0.15) is 5.82 Å². The average molecular weight is 302 g/mol. The summed E-state index contributed by atoms with van der Waals surface area (Å²) in [7, 11) is 1.65. The lowest BCUT2D eigenvalue weighted by Crippen LogP contribution is -2.30. The summed E-state index contributed by atoms with van der Waals surface area (Å²) >= 11 is 3.29. The molecule has 0 spiro atoms. The fraction of sp³-hybridized carbons (Fsp3) is 0.455. The van der Waals surface area contributed by atoms with Crippen molar-refractivity contribution in [3.63, 3.8) is 0 Å². The zero-order valence-corrected chi connectivity index (χ0v) is 11.5. The maximum absolute atomic E-state index is 12.1. The standard InChI is InChI=1S/C11H16BrN3O2/c1-3-13-10-9(6-8(12)7-14-10)11(17)15(2)4-5-16/h6-7,16H,3-5H2,1-2H3,(H,13,14). The van der Waals surface area contributed by atoms with Crippen LogP contribution in [0.25, 0.3) is 0 Å². The fourth-order valence-electron chi connectivity index (χ4n) is 1.37. The van der Waals surface area contributed by atoms with Crippen molar-refractivity contribution in [3.05, 3.63) is 22.3 Å². The van der Waals surface area contributed by atoms with Crippen molar-refractivity contribution in [2.45, 2.75) is 6.92 Å². The zero-order valence-electron chi connectivity index (χ0n) is 9.90. The van der Waals surface area contributed by atoms with Gasteiger partial charge in [-0.15, -0.1) is 0 Å². The van der Waals surface area contributed by atoms with E-state index in [-0.39, 0.29) is 12.5 Å². The van der Waals surface area contributed by atoms with E-state index in [0.29, 0.717) is 24.5 Å². The van der Waals surface area contributed by atoms with Crippen molar-refractivity contribution < 1.29 is 9.90 Å². The molecule has 0 aliphatic heterocycles. The summed E-state index contributed by atoms with van der Waals surface area (Å²) < 4.78 is 0.750. The summed E-state index contributed by atoms with van der Waals surface area (Å²) in [5.74, 6) is 0.397. The third-order valence-corrected chi connectivity index (χ3v) is 2.64. The molecule has 1 amide bonds. The molecule has 0 fully saturated rings. The van der Waals surface area contributed by atoms with Crippen LogP contribution in [0.15, 0.2) is 16.7 Å². The van der Waals surface area contributed by atoms with Crippen LogP contribution >= 0.6 is 15.9 Å². The minimum absolute atomic E-state index is 0.0553. The fourth-order valence-corrected chi connectivity index (χ4v) is 1.70. The number of nitrogens with zero attached hydrogens (tertiary/aromatic N) is 2. The van der Waals surface area contributed by atoms with E-state index in [9.17, 15) is 4.79 Å². The van der Waals surface area contributed by atoms with E-state index in [0.717, 1.165) is 4.47 Å². The summed E-state index contributed by atoms with van der Waals surface area (Å²) in [5, 5.41) is 11.9. The third kappa shape index (κ3) is 3.67. The van der Waals surface area contributed by atoms with Gasteiger partial charge in [-0.3, -0.25) is 4.79 Å². The van der Waals surface area contributed by atoms with Gasteiger partial charge in [-0.25, -0.2) is 4.98 Å². The number of aliphatic hydroxyl groups excluding tert-OH is 1. The quantitative estimate of drug-likeness (QED) is 0.861. The van der Waals surface area contributed by atoms with Crippen molar-refractivity contribution >= 4 is 27.7 Å². The Morgan fingerprint density at radius 1 is 1.65 bits per heavy atom. The second-order valence-electron chi connectivity index (χ2n) is 3.53. The zero-order chi connectivity index (χ0) is 12.8. The highest BCUT2D eigenvalue weighted by atomic mass is 79.9. The molecule has 0 aliphatic rings. The molecule has 0 bridgehead atoms. The van der Waals surface area contributed by atoms with E-state index in [2.05, 4.69) is 26.2 Å². The molecule has 1 heterocycles. The first-order valence-electron chi connectivity index (χ1n) is 5.35. The lowest BCUT2D eigenvalue weighted by molar-refractivity contribution is 0.0767. The van der Waals surface area contributed by atoms with E-state index in [1.165, 1.54) is 4.90 Å². The van der Waals surface area contributed by atoms with E-state index >= 15 is 0 Å². The van der Waals surface area contributed by atoms with Crippen molar-refractivity contribution in [2.24, 2.45) is 0 Å². The Labute approximate surface area is 109 Å². The van der Waals surface area contributed by atoms with Crippen LogP contribution in [0.5, 0.6) is 0 Å². The summed E-state index contributed by atoms with van der Waals surface area (Å²) in [6, 6.07) is 1.72. The van der Waals surface area contributed by atoms with Gasteiger partial charge in [0.25, 0.3) is 5.91 Å². The monoisotopic (exact) mass is 301 g/mol. The first kappa shape index (κ1) is 13.9. The Bertz CT molecular complexity index is 398. The van der Waals surface area contributed by atoms with E-state index in [4.69, 9.17) is 5.11 Å². The summed E-state index contributed by atoms with van der Waals surface area (Å²) in [5.41, 5.74) is 0.497. The molecule has 2 N–H and O–H groups in total. The number of anilines is 1. The highest BCUT2D eigenvalue weighted by Crippen LogP contribution is 2.19. The normalized spacial score (nSPS) is 10.1. The van der Waals surface area contributed by atoms with Crippen LogP contribution in [0.4, 0.5) is 5.82 Å². The summed E-state index contributed by atoms with van der Waals surface area (Å²) in [6.07, 6.45) is 1.64. The number of pyridine rings is 1. The van der Waals surface area contributed by atoms with E-state index in [1.807, 2.05) is 6.92 Å². The molecule has 0 saturated carbocycles. The van der Waals surface area contributed by atoms with Crippen molar-refractivity contribution in [2.75, 3.05) is 32.1 Å². The lowest BCUT2D eigenvalue weighted by Gasteiger charge is -2.17. The number of aliphatic hydroxyl groups is 1. The third-order valence-electron chi connectivity index (χ3n) is 2.21.